The zero-order valence-electron chi connectivity index (χ0n) is 17.9. The molecule has 1 amide bonds. The monoisotopic (exact) mass is 402 g/mol. The zero-order chi connectivity index (χ0) is 21.2. The van der Waals surface area contributed by atoms with Crippen LogP contribution in [-0.4, -0.2) is 49.0 Å². The summed E-state index contributed by atoms with van der Waals surface area (Å²) in [7, 11) is 0. The van der Waals surface area contributed by atoms with Crippen molar-refractivity contribution in [3.8, 4) is 0 Å². The normalized spacial score (nSPS) is 18.9. The number of hydroxylamine groups is 2. The summed E-state index contributed by atoms with van der Waals surface area (Å²) >= 11 is 0. The predicted octanol–water partition coefficient (Wildman–Crippen LogP) is 3.41. The van der Waals surface area contributed by atoms with Crippen molar-refractivity contribution in [2.24, 2.45) is 0 Å². The predicted molar refractivity (Wildman–Crippen MR) is 109 cm³/mol. The lowest BCUT2D eigenvalue weighted by Gasteiger charge is -2.39. The topological polar surface area (TPSA) is 77.1 Å². The molecule has 0 aromatic heterocycles. The first-order valence-electron chi connectivity index (χ1n) is 10.2. The fraction of sp³-hybridized carbons (Fsp3) is 0.545. The van der Waals surface area contributed by atoms with E-state index in [2.05, 4.69) is 5.32 Å². The lowest BCUT2D eigenvalue weighted by molar-refractivity contribution is -0.172. The molecule has 2 heterocycles. The van der Waals surface area contributed by atoms with Crippen molar-refractivity contribution in [3.63, 3.8) is 0 Å². The highest BCUT2D eigenvalue weighted by Gasteiger charge is 2.50. The van der Waals surface area contributed by atoms with Crippen LogP contribution >= 0.6 is 0 Å². The molecular formula is C22H30N2O5. The van der Waals surface area contributed by atoms with Crippen LogP contribution < -0.4 is 5.32 Å². The quantitative estimate of drug-likeness (QED) is 0.761. The minimum Gasteiger partial charge on any atom is -0.434 e. The van der Waals surface area contributed by atoms with Gasteiger partial charge in [-0.25, -0.2) is 4.79 Å². The van der Waals surface area contributed by atoms with Gasteiger partial charge in [-0.1, -0.05) is 17.7 Å². The van der Waals surface area contributed by atoms with E-state index in [-0.39, 0.29) is 12.5 Å². The van der Waals surface area contributed by atoms with Gasteiger partial charge in [-0.05, 0) is 64.2 Å². The SMILES string of the molecule is CCOC(=O)OC1=C(c2c(C)cc(C)cc2C)C(=O)NC12CCN(OCC)CC2. The molecule has 7 heteroatoms. The van der Waals surface area contributed by atoms with Crippen molar-refractivity contribution in [2.45, 2.75) is 53.0 Å². The molecular weight excluding hydrogens is 372 g/mol. The number of piperidine rings is 1. The lowest BCUT2D eigenvalue weighted by atomic mass is 9.85. The average molecular weight is 402 g/mol. The molecule has 1 N–H and O–H groups in total. The van der Waals surface area contributed by atoms with E-state index in [0.717, 1.165) is 22.3 Å². The summed E-state index contributed by atoms with van der Waals surface area (Å²) in [6.45, 7) is 11.7. The average Bonchev–Trinajstić information content (AvgIpc) is 2.89. The van der Waals surface area contributed by atoms with Gasteiger partial charge < -0.3 is 14.8 Å². The molecule has 0 unspecified atom stereocenters. The van der Waals surface area contributed by atoms with Gasteiger partial charge in [0.1, 0.15) is 5.54 Å². The number of hydrogen-bond donors (Lipinski definition) is 1. The van der Waals surface area contributed by atoms with E-state index in [9.17, 15) is 9.59 Å². The molecule has 0 radical (unpaired) electrons. The highest BCUT2D eigenvalue weighted by molar-refractivity contribution is 6.24. The molecule has 2 aliphatic rings. The fourth-order valence-corrected chi connectivity index (χ4v) is 4.39. The van der Waals surface area contributed by atoms with Crippen LogP contribution in [0.2, 0.25) is 0 Å². The van der Waals surface area contributed by atoms with Crippen molar-refractivity contribution < 1.29 is 23.9 Å². The molecule has 158 valence electrons. The van der Waals surface area contributed by atoms with Crippen LogP contribution in [-0.2, 0) is 19.1 Å². The van der Waals surface area contributed by atoms with Crippen molar-refractivity contribution >= 4 is 17.6 Å². The van der Waals surface area contributed by atoms with Gasteiger partial charge in [0.05, 0.1) is 18.8 Å². The Kier molecular flexibility index (Phi) is 6.29. The Morgan fingerprint density at radius 1 is 1.10 bits per heavy atom. The van der Waals surface area contributed by atoms with Crippen molar-refractivity contribution in [1.29, 1.82) is 0 Å². The van der Waals surface area contributed by atoms with Gasteiger partial charge in [0, 0.05) is 13.1 Å². The number of amides is 1. The van der Waals surface area contributed by atoms with Crippen LogP contribution in [0.1, 0.15) is 48.9 Å². The number of aryl methyl sites for hydroxylation is 3. The van der Waals surface area contributed by atoms with Crippen LogP contribution in [0.5, 0.6) is 0 Å². The van der Waals surface area contributed by atoms with Crippen LogP contribution in [0.25, 0.3) is 5.57 Å². The van der Waals surface area contributed by atoms with Gasteiger partial charge in [0.15, 0.2) is 5.76 Å². The maximum Gasteiger partial charge on any atom is 0.513 e. The molecule has 0 bridgehead atoms. The summed E-state index contributed by atoms with van der Waals surface area (Å²) in [5.74, 6) is 0.149. The Balaban J connectivity index is 2.08. The summed E-state index contributed by atoms with van der Waals surface area (Å²) < 4.78 is 10.7. The van der Waals surface area contributed by atoms with E-state index in [1.54, 1.807) is 6.92 Å². The van der Waals surface area contributed by atoms with Gasteiger partial charge in [-0.15, -0.1) is 0 Å². The Morgan fingerprint density at radius 3 is 2.28 bits per heavy atom. The molecule has 0 saturated carbocycles. The third-order valence-corrected chi connectivity index (χ3v) is 5.50. The number of carbonyl (C=O) groups excluding carboxylic acids is 2. The maximum atomic E-state index is 13.1. The second-order valence-corrected chi connectivity index (χ2v) is 7.65. The van der Waals surface area contributed by atoms with Gasteiger partial charge in [-0.3, -0.25) is 9.63 Å². The van der Waals surface area contributed by atoms with Crippen molar-refractivity contribution in [3.05, 3.63) is 40.1 Å². The van der Waals surface area contributed by atoms with E-state index in [4.69, 9.17) is 14.3 Å². The van der Waals surface area contributed by atoms with Gasteiger partial charge in [0.2, 0.25) is 0 Å². The molecule has 7 nitrogen and oxygen atoms in total. The van der Waals surface area contributed by atoms with E-state index in [0.29, 0.717) is 43.9 Å². The summed E-state index contributed by atoms with van der Waals surface area (Å²) in [4.78, 5) is 31.0. The zero-order valence-corrected chi connectivity index (χ0v) is 17.9. The number of carbonyl (C=O) groups is 2. The summed E-state index contributed by atoms with van der Waals surface area (Å²) in [5, 5.41) is 5.01. The Hall–Kier alpha value is -2.38. The number of nitrogens with one attached hydrogen (secondary N) is 1. The summed E-state index contributed by atoms with van der Waals surface area (Å²) in [6, 6.07) is 4.07. The van der Waals surface area contributed by atoms with Gasteiger partial charge in [0.25, 0.3) is 5.91 Å². The second-order valence-electron chi connectivity index (χ2n) is 7.65. The fourth-order valence-electron chi connectivity index (χ4n) is 4.39. The molecule has 1 fully saturated rings. The minimum atomic E-state index is -0.787. The third kappa shape index (κ3) is 4.16. The number of ether oxygens (including phenoxy) is 2. The number of benzene rings is 1. The van der Waals surface area contributed by atoms with Crippen LogP contribution in [0, 0.1) is 20.8 Å². The molecule has 0 aliphatic carbocycles. The molecule has 1 aromatic rings. The lowest BCUT2D eigenvalue weighted by Crippen LogP contribution is -2.53. The second kappa shape index (κ2) is 8.55. The number of rotatable bonds is 5. The highest BCUT2D eigenvalue weighted by atomic mass is 16.7. The Bertz CT molecular complexity index is 815. The van der Waals surface area contributed by atoms with E-state index in [1.807, 2.05) is 44.9 Å². The van der Waals surface area contributed by atoms with Crippen LogP contribution in [0.15, 0.2) is 17.9 Å². The van der Waals surface area contributed by atoms with Gasteiger partial charge in [-0.2, -0.15) is 5.06 Å². The summed E-state index contributed by atoms with van der Waals surface area (Å²) in [5.41, 5.74) is 3.57. The standard InChI is InChI=1S/C22H30N2O5/c1-6-27-21(26)29-19-18(17-15(4)12-14(3)13-16(17)5)20(25)23-22(19)8-10-24(11-9-22)28-7-2/h12-13H,6-11H2,1-5H3,(H,23,25). The largest absolute Gasteiger partial charge is 0.513 e. The summed E-state index contributed by atoms with van der Waals surface area (Å²) in [6.07, 6.45) is 0.382. The minimum absolute atomic E-state index is 0.205. The van der Waals surface area contributed by atoms with E-state index >= 15 is 0 Å². The molecule has 2 aliphatic heterocycles. The first-order valence-corrected chi connectivity index (χ1v) is 10.2. The molecule has 1 spiro atoms. The number of hydrogen-bond acceptors (Lipinski definition) is 6. The molecule has 3 rings (SSSR count). The molecule has 0 atom stereocenters. The first kappa shape index (κ1) is 21.3. The number of nitrogens with zero attached hydrogens (tertiary/aromatic N) is 1. The van der Waals surface area contributed by atoms with Crippen molar-refractivity contribution in [1.82, 2.24) is 10.4 Å². The highest BCUT2D eigenvalue weighted by Crippen LogP contribution is 2.42. The van der Waals surface area contributed by atoms with Gasteiger partial charge >= 0.3 is 6.16 Å². The molecule has 29 heavy (non-hydrogen) atoms. The smallest absolute Gasteiger partial charge is 0.434 e. The third-order valence-electron chi connectivity index (χ3n) is 5.50. The van der Waals surface area contributed by atoms with E-state index in [1.165, 1.54) is 0 Å². The maximum absolute atomic E-state index is 13.1. The van der Waals surface area contributed by atoms with Crippen LogP contribution in [0.3, 0.4) is 0 Å². The molecule has 1 aromatic carbocycles. The molecule has 1 saturated heterocycles. The Labute approximate surface area is 171 Å². The van der Waals surface area contributed by atoms with Crippen molar-refractivity contribution in [2.75, 3.05) is 26.3 Å². The van der Waals surface area contributed by atoms with Crippen LogP contribution in [0.4, 0.5) is 4.79 Å². The Morgan fingerprint density at radius 2 is 1.72 bits per heavy atom. The van der Waals surface area contributed by atoms with E-state index < -0.39 is 11.7 Å². The first-order chi connectivity index (χ1) is 13.8.